The quantitative estimate of drug-likeness (QED) is 0.885. The van der Waals surface area contributed by atoms with E-state index in [2.05, 4.69) is 5.32 Å². The molecule has 0 atom stereocenters. The Hall–Kier alpha value is -2.13. The van der Waals surface area contributed by atoms with Gasteiger partial charge < -0.3 is 10.4 Å². The largest absolute Gasteiger partial charge is 0.392 e. The van der Waals surface area contributed by atoms with Gasteiger partial charge in [0.2, 0.25) is 0 Å². The third-order valence-electron chi connectivity index (χ3n) is 2.99. The smallest absolute Gasteiger partial charge is 0.255 e. The van der Waals surface area contributed by atoms with Crippen molar-refractivity contribution in [2.24, 2.45) is 0 Å². The molecule has 0 aliphatic heterocycles. The number of aryl methyl sites for hydroxylation is 2. The standard InChI is InChI=1S/C16H17NO2/c1-11-6-7-15(12(2)8-11)16(19)17-14-5-3-4-13(9-14)10-18/h3-9,18H,10H2,1-2H3,(H,17,19). The monoisotopic (exact) mass is 255 g/mol. The maximum atomic E-state index is 12.2. The molecule has 0 aliphatic rings. The highest BCUT2D eigenvalue weighted by Crippen LogP contribution is 2.15. The molecule has 1 amide bonds. The molecule has 0 bridgehead atoms. The molecular weight excluding hydrogens is 238 g/mol. The maximum Gasteiger partial charge on any atom is 0.255 e. The normalized spacial score (nSPS) is 10.3. The molecule has 0 unspecified atom stereocenters. The van der Waals surface area contributed by atoms with Crippen LogP contribution in [0.25, 0.3) is 0 Å². The van der Waals surface area contributed by atoms with Crippen molar-refractivity contribution in [1.82, 2.24) is 0 Å². The van der Waals surface area contributed by atoms with Gasteiger partial charge in [0.15, 0.2) is 0 Å². The summed E-state index contributed by atoms with van der Waals surface area (Å²) in [6, 6.07) is 12.9. The van der Waals surface area contributed by atoms with Crippen LogP contribution in [0.5, 0.6) is 0 Å². The van der Waals surface area contributed by atoms with Crippen LogP contribution in [-0.4, -0.2) is 11.0 Å². The Bertz CT molecular complexity index is 605. The topological polar surface area (TPSA) is 49.3 Å². The van der Waals surface area contributed by atoms with E-state index in [1.807, 2.05) is 44.2 Å². The number of nitrogens with one attached hydrogen (secondary N) is 1. The molecule has 0 saturated heterocycles. The number of aliphatic hydroxyl groups excluding tert-OH is 1. The summed E-state index contributed by atoms with van der Waals surface area (Å²) in [5.41, 5.74) is 4.22. The van der Waals surface area contributed by atoms with Gasteiger partial charge in [-0.3, -0.25) is 4.79 Å². The fourth-order valence-corrected chi connectivity index (χ4v) is 2.01. The van der Waals surface area contributed by atoms with Gasteiger partial charge in [-0.25, -0.2) is 0 Å². The third kappa shape index (κ3) is 3.20. The average molecular weight is 255 g/mol. The summed E-state index contributed by atoms with van der Waals surface area (Å²) in [6.07, 6.45) is 0. The van der Waals surface area contributed by atoms with Gasteiger partial charge in [0.25, 0.3) is 5.91 Å². The molecule has 0 radical (unpaired) electrons. The average Bonchev–Trinajstić information content (AvgIpc) is 2.38. The number of amides is 1. The number of rotatable bonds is 3. The van der Waals surface area contributed by atoms with Crippen LogP contribution in [0.4, 0.5) is 5.69 Å². The van der Waals surface area contributed by atoms with E-state index < -0.39 is 0 Å². The molecule has 19 heavy (non-hydrogen) atoms. The molecule has 0 spiro atoms. The highest BCUT2D eigenvalue weighted by Gasteiger charge is 2.09. The van der Waals surface area contributed by atoms with Crippen molar-refractivity contribution in [1.29, 1.82) is 0 Å². The van der Waals surface area contributed by atoms with Gasteiger partial charge in [-0.2, -0.15) is 0 Å². The van der Waals surface area contributed by atoms with Crippen molar-refractivity contribution in [2.45, 2.75) is 20.5 Å². The predicted octanol–water partition coefficient (Wildman–Crippen LogP) is 3.05. The van der Waals surface area contributed by atoms with Gasteiger partial charge in [-0.05, 0) is 43.2 Å². The van der Waals surface area contributed by atoms with Crippen molar-refractivity contribution in [3.05, 3.63) is 64.7 Å². The fraction of sp³-hybridized carbons (Fsp3) is 0.188. The molecule has 0 heterocycles. The summed E-state index contributed by atoms with van der Waals surface area (Å²) in [5, 5.41) is 11.9. The van der Waals surface area contributed by atoms with Crippen LogP contribution in [0.3, 0.4) is 0 Å². The second-order valence-electron chi connectivity index (χ2n) is 4.63. The molecule has 3 heteroatoms. The van der Waals surface area contributed by atoms with Gasteiger partial charge in [0, 0.05) is 11.3 Å². The first-order valence-corrected chi connectivity index (χ1v) is 6.18. The molecule has 2 rings (SSSR count). The van der Waals surface area contributed by atoms with Crippen LogP contribution in [0.2, 0.25) is 0 Å². The molecule has 98 valence electrons. The molecule has 2 N–H and O–H groups in total. The van der Waals surface area contributed by atoms with Crippen LogP contribution in [0, 0.1) is 13.8 Å². The SMILES string of the molecule is Cc1ccc(C(=O)Nc2cccc(CO)c2)c(C)c1. The van der Waals surface area contributed by atoms with Crippen LogP contribution in [0.1, 0.15) is 27.0 Å². The molecular formula is C16H17NO2. The second kappa shape index (κ2) is 5.67. The first-order valence-electron chi connectivity index (χ1n) is 6.18. The van der Waals surface area contributed by atoms with E-state index in [9.17, 15) is 4.79 Å². The number of hydrogen-bond donors (Lipinski definition) is 2. The molecule has 2 aromatic carbocycles. The van der Waals surface area contributed by atoms with Crippen LogP contribution in [0.15, 0.2) is 42.5 Å². The zero-order valence-electron chi connectivity index (χ0n) is 11.1. The fourth-order valence-electron chi connectivity index (χ4n) is 2.01. The lowest BCUT2D eigenvalue weighted by Gasteiger charge is -2.09. The van der Waals surface area contributed by atoms with E-state index in [1.165, 1.54) is 0 Å². The van der Waals surface area contributed by atoms with Crippen molar-refractivity contribution in [2.75, 3.05) is 5.32 Å². The molecule has 0 aliphatic carbocycles. The Labute approximate surface area is 112 Å². The minimum atomic E-state index is -0.132. The number of anilines is 1. The Morgan fingerprint density at radius 1 is 1.16 bits per heavy atom. The summed E-state index contributed by atoms with van der Waals surface area (Å²) < 4.78 is 0. The summed E-state index contributed by atoms with van der Waals surface area (Å²) >= 11 is 0. The van der Waals surface area contributed by atoms with Gasteiger partial charge in [0.05, 0.1) is 6.61 Å². The van der Waals surface area contributed by atoms with Crippen LogP contribution < -0.4 is 5.32 Å². The number of carbonyl (C=O) groups is 1. The van der Waals surface area contributed by atoms with E-state index in [4.69, 9.17) is 5.11 Å². The van der Waals surface area contributed by atoms with Crippen LogP contribution >= 0.6 is 0 Å². The van der Waals surface area contributed by atoms with Crippen molar-refractivity contribution < 1.29 is 9.90 Å². The molecule has 0 saturated carbocycles. The van der Waals surface area contributed by atoms with Crippen LogP contribution in [-0.2, 0) is 6.61 Å². The van der Waals surface area contributed by atoms with Crippen molar-refractivity contribution >= 4 is 11.6 Å². The molecule has 3 nitrogen and oxygen atoms in total. The van der Waals surface area contributed by atoms with Gasteiger partial charge >= 0.3 is 0 Å². The van der Waals surface area contributed by atoms with Gasteiger partial charge in [-0.1, -0.05) is 29.8 Å². The maximum absolute atomic E-state index is 12.2. The first-order chi connectivity index (χ1) is 9.10. The minimum absolute atomic E-state index is 0.0345. The minimum Gasteiger partial charge on any atom is -0.392 e. The van der Waals surface area contributed by atoms with Gasteiger partial charge in [-0.15, -0.1) is 0 Å². The van der Waals surface area contributed by atoms with E-state index >= 15 is 0 Å². The number of benzene rings is 2. The van der Waals surface area contributed by atoms with E-state index in [-0.39, 0.29) is 12.5 Å². The molecule has 0 aromatic heterocycles. The zero-order valence-corrected chi connectivity index (χ0v) is 11.1. The second-order valence-corrected chi connectivity index (χ2v) is 4.63. The summed E-state index contributed by atoms with van der Waals surface area (Å²) in [5.74, 6) is -0.132. The Morgan fingerprint density at radius 2 is 1.95 bits per heavy atom. The van der Waals surface area contributed by atoms with E-state index in [0.29, 0.717) is 11.3 Å². The van der Waals surface area contributed by atoms with Gasteiger partial charge in [0.1, 0.15) is 0 Å². The number of hydrogen-bond acceptors (Lipinski definition) is 2. The first kappa shape index (κ1) is 13.3. The van der Waals surface area contributed by atoms with E-state index in [0.717, 1.165) is 16.7 Å². The third-order valence-corrected chi connectivity index (χ3v) is 2.99. The lowest BCUT2D eigenvalue weighted by atomic mass is 10.1. The highest BCUT2D eigenvalue weighted by atomic mass is 16.3. The molecule has 0 fully saturated rings. The Kier molecular flexibility index (Phi) is 3.97. The van der Waals surface area contributed by atoms with E-state index in [1.54, 1.807) is 12.1 Å². The Morgan fingerprint density at radius 3 is 2.63 bits per heavy atom. The lowest BCUT2D eigenvalue weighted by molar-refractivity contribution is 0.102. The predicted molar refractivity (Wildman–Crippen MR) is 76.2 cm³/mol. The molecule has 2 aromatic rings. The summed E-state index contributed by atoms with van der Waals surface area (Å²) in [6.45, 7) is 3.89. The number of carbonyl (C=O) groups excluding carboxylic acids is 1. The zero-order chi connectivity index (χ0) is 13.8. The summed E-state index contributed by atoms with van der Waals surface area (Å²) in [4.78, 5) is 12.2. The van der Waals surface area contributed by atoms with Crippen molar-refractivity contribution in [3.8, 4) is 0 Å². The Balaban J connectivity index is 2.20. The van der Waals surface area contributed by atoms with Crippen molar-refractivity contribution in [3.63, 3.8) is 0 Å². The number of aliphatic hydroxyl groups is 1. The summed E-state index contributed by atoms with van der Waals surface area (Å²) in [7, 11) is 0. The highest BCUT2D eigenvalue weighted by molar-refractivity contribution is 6.05. The lowest BCUT2D eigenvalue weighted by Crippen LogP contribution is -2.13.